The van der Waals surface area contributed by atoms with Crippen molar-refractivity contribution < 1.29 is 13.6 Å². The monoisotopic (exact) mass is 334 g/mol. The Bertz CT molecular complexity index is 979. The molecular formula is C20H18N2O3. The van der Waals surface area contributed by atoms with Crippen LogP contribution in [0.3, 0.4) is 0 Å². The van der Waals surface area contributed by atoms with Crippen LogP contribution in [-0.2, 0) is 6.54 Å². The van der Waals surface area contributed by atoms with E-state index in [4.69, 9.17) is 8.83 Å². The molecule has 5 heteroatoms. The van der Waals surface area contributed by atoms with Crippen molar-refractivity contribution in [2.75, 3.05) is 0 Å². The van der Waals surface area contributed by atoms with Gasteiger partial charge in [0.2, 0.25) is 5.78 Å². The van der Waals surface area contributed by atoms with Gasteiger partial charge in [0.05, 0.1) is 24.6 Å². The van der Waals surface area contributed by atoms with Crippen LogP contribution in [-0.4, -0.2) is 10.4 Å². The Hall–Kier alpha value is -3.26. The molecule has 0 aliphatic heterocycles. The summed E-state index contributed by atoms with van der Waals surface area (Å²) in [6.07, 6.45) is 4.73. The van der Waals surface area contributed by atoms with E-state index in [1.807, 2.05) is 38.1 Å². The van der Waals surface area contributed by atoms with Crippen LogP contribution in [0, 0.1) is 32.1 Å². The van der Waals surface area contributed by atoms with Gasteiger partial charge in [0, 0.05) is 11.4 Å². The number of ketones is 1. The first kappa shape index (κ1) is 16.6. The van der Waals surface area contributed by atoms with Gasteiger partial charge in [-0.15, -0.1) is 0 Å². The van der Waals surface area contributed by atoms with Crippen LogP contribution < -0.4 is 0 Å². The summed E-state index contributed by atoms with van der Waals surface area (Å²) >= 11 is 0. The van der Waals surface area contributed by atoms with Crippen molar-refractivity contribution in [3.8, 4) is 6.07 Å². The highest BCUT2D eigenvalue weighted by Gasteiger charge is 2.18. The number of furan rings is 2. The van der Waals surface area contributed by atoms with E-state index in [1.165, 1.54) is 6.26 Å². The number of nitrogens with zero attached hydrogens (tertiary/aromatic N) is 2. The molecule has 3 rings (SSSR count). The molecule has 126 valence electrons. The predicted octanol–water partition coefficient (Wildman–Crippen LogP) is 4.44. The van der Waals surface area contributed by atoms with E-state index in [0.29, 0.717) is 17.9 Å². The molecule has 0 fully saturated rings. The Kier molecular flexibility index (Phi) is 4.44. The number of aromatic nitrogens is 1. The lowest BCUT2D eigenvalue weighted by Crippen LogP contribution is -2.04. The molecule has 0 atom stereocenters. The first-order chi connectivity index (χ1) is 12.0. The summed E-state index contributed by atoms with van der Waals surface area (Å²) in [5, 5.41) is 9.43. The molecule has 25 heavy (non-hydrogen) atoms. The highest BCUT2D eigenvalue weighted by Crippen LogP contribution is 2.22. The zero-order chi connectivity index (χ0) is 18.0. The molecule has 0 aliphatic rings. The topological polar surface area (TPSA) is 72.1 Å². The number of rotatable bonds is 5. The Morgan fingerprint density at radius 1 is 1.24 bits per heavy atom. The standard InChI is InChI=1S/C20H18N2O3/c1-13-9-16(14(2)22(13)12-18-5-4-7-25-18)10-17(11-21)20(23)19-6-8-24-15(19)3/h4-10H,12H2,1-3H3/b17-10+. The van der Waals surface area contributed by atoms with Crippen LogP contribution in [0.1, 0.15) is 38.8 Å². The zero-order valence-electron chi connectivity index (χ0n) is 14.4. The van der Waals surface area contributed by atoms with E-state index in [1.54, 1.807) is 25.3 Å². The molecule has 3 aromatic heterocycles. The fourth-order valence-electron chi connectivity index (χ4n) is 2.85. The van der Waals surface area contributed by atoms with Crippen LogP contribution in [0.4, 0.5) is 0 Å². The third kappa shape index (κ3) is 3.20. The number of Topliss-reactive ketones (excluding diaryl/α,β-unsaturated/α-hetero) is 1. The van der Waals surface area contributed by atoms with Crippen molar-refractivity contribution in [3.05, 3.63) is 76.4 Å². The van der Waals surface area contributed by atoms with E-state index in [9.17, 15) is 10.1 Å². The zero-order valence-corrected chi connectivity index (χ0v) is 14.4. The fourth-order valence-corrected chi connectivity index (χ4v) is 2.85. The highest BCUT2D eigenvalue weighted by molar-refractivity contribution is 6.14. The van der Waals surface area contributed by atoms with Crippen LogP contribution in [0.2, 0.25) is 0 Å². The lowest BCUT2D eigenvalue weighted by molar-refractivity contribution is 0.103. The SMILES string of the molecule is Cc1occc1C(=O)/C(C#N)=C/c1cc(C)n(Cc2ccco2)c1C. The number of hydrogen-bond donors (Lipinski definition) is 0. The molecular weight excluding hydrogens is 316 g/mol. The van der Waals surface area contributed by atoms with Crippen molar-refractivity contribution >= 4 is 11.9 Å². The summed E-state index contributed by atoms with van der Waals surface area (Å²) in [6.45, 7) is 6.26. The summed E-state index contributed by atoms with van der Waals surface area (Å²) in [5.74, 6) is 1.03. The van der Waals surface area contributed by atoms with Crippen molar-refractivity contribution in [1.82, 2.24) is 4.57 Å². The van der Waals surface area contributed by atoms with Crippen molar-refractivity contribution in [1.29, 1.82) is 5.26 Å². The lowest BCUT2D eigenvalue weighted by Gasteiger charge is -2.07. The third-order valence-corrected chi connectivity index (χ3v) is 4.28. The van der Waals surface area contributed by atoms with Gasteiger partial charge in [-0.25, -0.2) is 0 Å². The first-order valence-electron chi connectivity index (χ1n) is 7.91. The van der Waals surface area contributed by atoms with Crippen molar-refractivity contribution in [2.45, 2.75) is 27.3 Å². The van der Waals surface area contributed by atoms with Gasteiger partial charge in [-0.3, -0.25) is 4.79 Å². The Balaban J connectivity index is 1.96. The van der Waals surface area contributed by atoms with Gasteiger partial charge in [0.1, 0.15) is 23.2 Å². The Labute approximate surface area is 145 Å². The van der Waals surface area contributed by atoms with E-state index in [0.717, 1.165) is 22.7 Å². The summed E-state index contributed by atoms with van der Waals surface area (Å²) in [5.41, 5.74) is 3.35. The average molecular weight is 334 g/mol. The number of aryl methyl sites for hydroxylation is 2. The molecule has 0 amide bonds. The Morgan fingerprint density at radius 3 is 2.64 bits per heavy atom. The van der Waals surface area contributed by atoms with Gasteiger partial charge < -0.3 is 13.4 Å². The average Bonchev–Trinajstić information content (AvgIpc) is 3.30. The molecule has 0 radical (unpaired) electrons. The van der Waals surface area contributed by atoms with Crippen LogP contribution >= 0.6 is 0 Å². The number of nitriles is 1. The second-order valence-electron chi connectivity index (χ2n) is 5.88. The second kappa shape index (κ2) is 6.70. The summed E-state index contributed by atoms with van der Waals surface area (Å²) in [6, 6.07) is 9.33. The maximum atomic E-state index is 12.5. The smallest absolute Gasteiger partial charge is 0.207 e. The molecule has 5 nitrogen and oxygen atoms in total. The van der Waals surface area contributed by atoms with E-state index < -0.39 is 0 Å². The molecule has 0 saturated carbocycles. The van der Waals surface area contributed by atoms with Gasteiger partial charge in [-0.2, -0.15) is 5.26 Å². The lowest BCUT2D eigenvalue weighted by atomic mass is 10.0. The minimum Gasteiger partial charge on any atom is -0.469 e. The molecule has 0 bridgehead atoms. The predicted molar refractivity (Wildman–Crippen MR) is 93.1 cm³/mol. The van der Waals surface area contributed by atoms with E-state index in [2.05, 4.69) is 4.57 Å². The van der Waals surface area contributed by atoms with Gasteiger partial charge >= 0.3 is 0 Å². The minimum absolute atomic E-state index is 0.0859. The van der Waals surface area contributed by atoms with Gasteiger partial charge in [0.15, 0.2) is 0 Å². The molecule has 0 aromatic carbocycles. The number of carbonyl (C=O) groups is 1. The van der Waals surface area contributed by atoms with Crippen LogP contribution in [0.15, 0.2) is 51.2 Å². The first-order valence-corrected chi connectivity index (χ1v) is 7.91. The maximum Gasteiger partial charge on any atom is 0.207 e. The number of hydrogen-bond acceptors (Lipinski definition) is 4. The number of carbonyl (C=O) groups excluding carboxylic acids is 1. The number of allylic oxidation sites excluding steroid dienone is 1. The third-order valence-electron chi connectivity index (χ3n) is 4.28. The quantitative estimate of drug-likeness (QED) is 0.393. The van der Waals surface area contributed by atoms with Gasteiger partial charge in [-0.05, 0) is 56.7 Å². The fraction of sp³-hybridized carbons (Fsp3) is 0.200. The van der Waals surface area contributed by atoms with Gasteiger partial charge in [-0.1, -0.05) is 0 Å². The molecule has 0 aliphatic carbocycles. The van der Waals surface area contributed by atoms with E-state index in [-0.39, 0.29) is 11.4 Å². The van der Waals surface area contributed by atoms with Gasteiger partial charge in [0.25, 0.3) is 0 Å². The Morgan fingerprint density at radius 2 is 2.04 bits per heavy atom. The van der Waals surface area contributed by atoms with Crippen LogP contribution in [0.25, 0.3) is 6.08 Å². The normalized spacial score (nSPS) is 11.5. The maximum absolute atomic E-state index is 12.5. The van der Waals surface area contributed by atoms with Crippen molar-refractivity contribution in [2.24, 2.45) is 0 Å². The minimum atomic E-state index is -0.329. The molecule has 3 aromatic rings. The van der Waals surface area contributed by atoms with E-state index >= 15 is 0 Å². The van der Waals surface area contributed by atoms with Crippen LogP contribution in [0.5, 0.6) is 0 Å². The summed E-state index contributed by atoms with van der Waals surface area (Å²) < 4.78 is 12.7. The highest BCUT2D eigenvalue weighted by atomic mass is 16.3. The molecule has 3 heterocycles. The molecule has 0 spiro atoms. The molecule has 0 N–H and O–H groups in total. The summed E-state index contributed by atoms with van der Waals surface area (Å²) in [7, 11) is 0. The summed E-state index contributed by atoms with van der Waals surface area (Å²) in [4.78, 5) is 12.5. The molecule has 0 saturated heterocycles. The largest absolute Gasteiger partial charge is 0.469 e. The second-order valence-corrected chi connectivity index (χ2v) is 5.88. The molecule has 0 unspecified atom stereocenters. The van der Waals surface area contributed by atoms with Crippen molar-refractivity contribution in [3.63, 3.8) is 0 Å².